The summed E-state index contributed by atoms with van der Waals surface area (Å²) in [7, 11) is 0. The van der Waals surface area contributed by atoms with Gasteiger partial charge in [-0.25, -0.2) is 9.61 Å². The third kappa shape index (κ3) is 2.57. The maximum atomic E-state index is 13.6. The van der Waals surface area contributed by atoms with Gasteiger partial charge in [-0.1, -0.05) is 24.3 Å². The molecule has 2 unspecified atom stereocenters. The maximum Gasteiger partial charge on any atom is 0.295 e. The molecule has 0 spiro atoms. The summed E-state index contributed by atoms with van der Waals surface area (Å²) in [6, 6.07) is 18.2. The molecule has 0 radical (unpaired) electrons. The third-order valence-corrected chi connectivity index (χ3v) is 6.56. The standard InChI is InChI=1S/C25H16N6O3/c32-24-22(16-11-26-17-4-2-1-3-15(16)17)23(13-5-7-19-21(9-13)30-34-29-19)31(25(24)33)14-6-8-18-20(10-14)28-12-27-18/h1-12,22-23,26H,(H,27,28). The highest BCUT2D eigenvalue weighted by Gasteiger charge is 2.50. The summed E-state index contributed by atoms with van der Waals surface area (Å²) >= 11 is 0. The zero-order valence-electron chi connectivity index (χ0n) is 17.6. The van der Waals surface area contributed by atoms with Crippen LogP contribution in [0.4, 0.5) is 5.69 Å². The number of amides is 1. The number of benzene rings is 3. The summed E-state index contributed by atoms with van der Waals surface area (Å²) in [4.78, 5) is 39.2. The van der Waals surface area contributed by atoms with Crippen molar-refractivity contribution in [2.24, 2.45) is 0 Å². The van der Waals surface area contributed by atoms with Gasteiger partial charge in [0.1, 0.15) is 11.0 Å². The topological polar surface area (TPSA) is 121 Å². The third-order valence-electron chi connectivity index (χ3n) is 6.56. The van der Waals surface area contributed by atoms with Crippen LogP contribution in [-0.4, -0.2) is 37.0 Å². The van der Waals surface area contributed by atoms with Crippen LogP contribution in [0.25, 0.3) is 33.0 Å². The van der Waals surface area contributed by atoms with E-state index >= 15 is 0 Å². The molecule has 34 heavy (non-hydrogen) atoms. The first-order chi connectivity index (χ1) is 16.7. The van der Waals surface area contributed by atoms with E-state index in [0.717, 1.165) is 33.1 Å². The zero-order chi connectivity index (χ0) is 22.8. The number of hydrogen-bond acceptors (Lipinski definition) is 6. The summed E-state index contributed by atoms with van der Waals surface area (Å²) in [5, 5.41) is 8.76. The van der Waals surface area contributed by atoms with E-state index in [-0.39, 0.29) is 0 Å². The molecule has 1 aliphatic rings. The Bertz CT molecular complexity index is 1750. The molecule has 1 aliphatic heterocycles. The van der Waals surface area contributed by atoms with Crippen LogP contribution in [0.15, 0.2) is 77.8 Å². The number of carbonyl (C=O) groups is 2. The number of aromatic nitrogens is 5. The number of hydrogen-bond donors (Lipinski definition) is 2. The van der Waals surface area contributed by atoms with Crippen LogP contribution in [0.1, 0.15) is 23.1 Å². The van der Waals surface area contributed by atoms with E-state index in [0.29, 0.717) is 16.7 Å². The van der Waals surface area contributed by atoms with Gasteiger partial charge in [0.25, 0.3) is 5.91 Å². The minimum Gasteiger partial charge on any atom is -0.361 e. The summed E-state index contributed by atoms with van der Waals surface area (Å²) in [5.41, 5.74) is 5.79. The first-order valence-electron chi connectivity index (χ1n) is 10.8. The molecule has 2 atom stereocenters. The molecule has 3 aromatic heterocycles. The van der Waals surface area contributed by atoms with Crippen molar-refractivity contribution in [2.45, 2.75) is 12.0 Å². The van der Waals surface area contributed by atoms with Crippen molar-refractivity contribution in [2.75, 3.05) is 4.90 Å². The van der Waals surface area contributed by atoms with Crippen LogP contribution in [0.2, 0.25) is 0 Å². The Balaban J connectivity index is 1.47. The Morgan fingerprint density at radius 1 is 0.853 bits per heavy atom. The number of fused-ring (bicyclic) bond motifs is 3. The summed E-state index contributed by atoms with van der Waals surface area (Å²) in [6.45, 7) is 0. The first-order valence-corrected chi connectivity index (χ1v) is 10.8. The normalized spacial score (nSPS) is 18.6. The molecule has 9 heteroatoms. The van der Waals surface area contributed by atoms with Crippen LogP contribution in [-0.2, 0) is 9.59 Å². The van der Waals surface area contributed by atoms with Crippen LogP contribution in [0.3, 0.4) is 0 Å². The number of nitrogens with one attached hydrogen (secondary N) is 2. The average Bonchev–Trinajstić information content (AvgIpc) is 3.64. The summed E-state index contributed by atoms with van der Waals surface area (Å²) in [6.07, 6.45) is 3.43. The zero-order valence-corrected chi connectivity index (χ0v) is 17.6. The maximum absolute atomic E-state index is 13.6. The van der Waals surface area contributed by atoms with Gasteiger partial charge < -0.3 is 9.97 Å². The van der Waals surface area contributed by atoms with Gasteiger partial charge in [0, 0.05) is 22.8 Å². The van der Waals surface area contributed by atoms with Crippen molar-refractivity contribution >= 4 is 50.3 Å². The van der Waals surface area contributed by atoms with E-state index in [1.165, 1.54) is 0 Å². The van der Waals surface area contributed by atoms with Crippen LogP contribution in [0.5, 0.6) is 0 Å². The number of para-hydroxylation sites is 1. The number of carbonyl (C=O) groups excluding carboxylic acids is 2. The Morgan fingerprint density at radius 2 is 1.71 bits per heavy atom. The highest BCUT2D eigenvalue weighted by molar-refractivity contribution is 6.46. The fourth-order valence-electron chi connectivity index (χ4n) is 5.01. The fourth-order valence-corrected chi connectivity index (χ4v) is 5.01. The molecule has 9 nitrogen and oxygen atoms in total. The van der Waals surface area contributed by atoms with Crippen LogP contribution < -0.4 is 4.90 Å². The lowest BCUT2D eigenvalue weighted by atomic mass is 9.86. The Hall–Kier alpha value is -4.79. The van der Waals surface area contributed by atoms with E-state index in [4.69, 9.17) is 4.63 Å². The highest BCUT2D eigenvalue weighted by atomic mass is 16.6. The van der Waals surface area contributed by atoms with Gasteiger partial charge in [0.15, 0.2) is 0 Å². The number of anilines is 1. The monoisotopic (exact) mass is 448 g/mol. The lowest BCUT2D eigenvalue weighted by Crippen LogP contribution is -2.29. The number of Topliss-reactive ketones (excluding diaryl/α,β-unsaturated/α-hetero) is 1. The molecule has 1 fully saturated rings. The molecule has 3 aromatic carbocycles. The molecule has 0 aliphatic carbocycles. The fraction of sp³-hybridized carbons (Fsp3) is 0.0800. The molecule has 0 saturated carbocycles. The summed E-state index contributed by atoms with van der Waals surface area (Å²) < 4.78 is 4.87. The van der Waals surface area contributed by atoms with E-state index in [9.17, 15) is 9.59 Å². The van der Waals surface area contributed by atoms with Gasteiger partial charge in [-0.3, -0.25) is 14.5 Å². The van der Waals surface area contributed by atoms with Crippen molar-refractivity contribution in [3.05, 3.63) is 84.3 Å². The largest absolute Gasteiger partial charge is 0.361 e. The number of nitrogens with zero attached hydrogens (tertiary/aromatic N) is 4. The second-order valence-electron chi connectivity index (χ2n) is 8.37. The molecule has 0 bridgehead atoms. The lowest BCUT2D eigenvalue weighted by molar-refractivity contribution is -0.134. The molecular formula is C25H16N6O3. The molecule has 4 heterocycles. The SMILES string of the molecule is O=C1C(=O)N(c2ccc3nc[nH]c3c2)C(c2ccc3nonc3c2)C1c1c[nH]c2ccccc12. The highest BCUT2D eigenvalue weighted by Crippen LogP contribution is 2.47. The minimum absolute atomic E-state index is 0.460. The average molecular weight is 448 g/mol. The van der Waals surface area contributed by atoms with Crippen molar-refractivity contribution in [3.8, 4) is 0 Å². The van der Waals surface area contributed by atoms with E-state index in [2.05, 4.69) is 25.3 Å². The van der Waals surface area contributed by atoms with E-state index in [1.54, 1.807) is 17.3 Å². The number of rotatable bonds is 3. The molecule has 1 saturated heterocycles. The number of ketones is 1. The second-order valence-corrected chi connectivity index (χ2v) is 8.37. The first kappa shape index (κ1) is 18.8. The van der Waals surface area contributed by atoms with E-state index < -0.39 is 23.7 Å². The quantitative estimate of drug-likeness (QED) is 0.395. The molecule has 2 N–H and O–H groups in total. The number of H-pyrrole nitrogens is 2. The van der Waals surface area contributed by atoms with Gasteiger partial charge >= 0.3 is 0 Å². The predicted molar refractivity (Wildman–Crippen MR) is 124 cm³/mol. The Kier molecular flexibility index (Phi) is 3.78. The smallest absolute Gasteiger partial charge is 0.295 e. The van der Waals surface area contributed by atoms with Gasteiger partial charge in [0.2, 0.25) is 5.78 Å². The van der Waals surface area contributed by atoms with Gasteiger partial charge in [-0.05, 0) is 57.8 Å². The Morgan fingerprint density at radius 3 is 2.65 bits per heavy atom. The van der Waals surface area contributed by atoms with E-state index in [1.807, 2.05) is 60.8 Å². The molecule has 6 aromatic rings. The molecule has 1 amide bonds. The van der Waals surface area contributed by atoms with Crippen LogP contribution >= 0.6 is 0 Å². The molecule has 164 valence electrons. The van der Waals surface area contributed by atoms with Gasteiger partial charge in [-0.15, -0.1) is 0 Å². The number of aromatic amines is 2. The molecular weight excluding hydrogens is 432 g/mol. The second kappa shape index (κ2) is 6.85. The van der Waals surface area contributed by atoms with Crippen molar-refractivity contribution in [1.29, 1.82) is 0 Å². The van der Waals surface area contributed by atoms with Gasteiger partial charge in [0.05, 0.1) is 29.3 Å². The van der Waals surface area contributed by atoms with Crippen LogP contribution in [0, 0.1) is 0 Å². The number of imidazole rings is 1. The minimum atomic E-state index is -0.710. The van der Waals surface area contributed by atoms with Gasteiger partial charge in [-0.2, -0.15) is 0 Å². The molecule has 7 rings (SSSR count). The summed E-state index contributed by atoms with van der Waals surface area (Å²) in [5.74, 6) is -1.73. The van der Waals surface area contributed by atoms with Crippen molar-refractivity contribution in [3.63, 3.8) is 0 Å². The Labute approximate surface area is 191 Å². The van der Waals surface area contributed by atoms with Crippen molar-refractivity contribution < 1.29 is 14.2 Å². The lowest BCUT2D eigenvalue weighted by Gasteiger charge is -2.27. The van der Waals surface area contributed by atoms with Crippen molar-refractivity contribution in [1.82, 2.24) is 25.3 Å². The predicted octanol–water partition coefficient (Wildman–Crippen LogP) is 4.02.